The van der Waals surface area contributed by atoms with Gasteiger partial charge in [0.1, 0.15) is 30.5 Å². The third-order valence-electron chi connectivity index (χ3n) is 6.45. The predicted octanol–water partition coefficient (Wildman–Crippen LogP) is 6.12. The van der Waals surface area contributed by atoms with E-state index in [0.29, 0.717) is 30.5 Å². The molecule has 3 aromatic carbocycles. The van der Waals surface area contributed by atoms with Crippen LogP contribution in [0.1, 0.15) is 37.5 Å². The van der Waals surface area contributed by atoms with E-state index >= 15 is 0 Å². The van der Waals surface area contributed by atoms with E-state index in [2.05, 4.69) is 33.9 Å². The maximum Gasteiger partial charge on any atom is 0.250 e. The highest BCUT2D eigenvalue weighted by Crippen LogP contribution is 2.42. The van der Waals surface area contributed by atoms with E-state index in [4.69, 9.17) is 13.9 Å². The van der Waals surface area contributed by atoms with Crippen LogP contribution in [0.3, 0.4) is 0 Å². The van der Waals surface area contributed by atoms with E-state index in [1.807, 2.05) is 72.8 Å². The van der Waals surface area contributed by atoms with Crippen LogP contribution in [-0.2, 0) is 19.6 Å². The Morgan fingerprint density at radius 2 is 1.31 bits per heavy atom. The molecule has 0 saturated carbocycles. The number of hydrogen-bond donors (Lipinski definition) is 2. The number of hydrogen-bond acceptors (Lipinski definition) is 5. The molecule has 3 rings (SSSR count). The second kappa shape index (κ2) is 11.8. The maximum atomic E-state index is 10.3. The molecular formula is C29H38O5Si. The van der Waals surface area contributed by atoms with Crippen LogP contribution in [0, 0.1) is 0 Å². The zero-order valence-corrected chi connectivity index (χ0v) is 22.5. The van der Waals surface area contributed by atoms with E-state index in [1.165, 1.54) is 0 Å². The Hall–Kier alpha value is -2.80. The minimum atomic E-state index is -2.21. The molecule has 0 aliphatic carbocycles. The molecule has 0 bridgehead atoms. The first-order valence-electron chi connectivity index (χ1n) is 12.1. The van der Waals surface area contributed by atoms with Crippen molar-refractivity contribution in [3.63, 3.8) is 0 Å². The molecule has 6 heteroatoms. The van der Waals surface area contributed by atoms with E-state index in [1.54, 1.807) is 0 Å². The van der Waals surface area contributed by atoms with E-state index < -0.39 is 14.4 Å². The first kappa shape index (κ1) is 26.8. The molecule has 0 unspecified atom stereocenters. The molecule has 2 N–H and O–H groups in total. The second-order valence-electron chi connectivity index (χ2n) is 10.3. The Labute approximate surface area is 210 Å². The Morgan fingerprint density at radius 1 is 0.800 bits per heavy atom. The van der Waals surface area contributed by atoms with Crippen molar-refractivity contribution in [2.45, 2.75) is 64.6 Å². The number of ether oxygens (including phenoxy) is 2. The third kappa shape index (κ3) is 7.59. The number of aliphatic hydroxyl groups excluding tert-OH is 2. The smallest absolute Gasteiger partial charge is 0.250 e. The summed E-state index contributed by atoms with van der Waals surface area (Å²) in [5, 5.41) is 19.9. The van der Waals surface area contributed by atoms with Crippen LogP contribution >= 0.6 is 0 Å². The Balaban J connectivity index is 2.01. The SMILES string of the molecule is CC(C)(C)[Si](C)(C)Oc1cc(OCc2ccccc2)cc(OCc2ccccc2)c1C[C@@H](O)CO. The van der Waals surface area contributed by atoms with Gasteiger partial charge in [-0.2, -0.15) is 0 Å². The first-order chi connectivity index (χ1) is 16.6. The van der Waals surface area contributed by atoms with Crippen molar-refractivity contribution in [3.05, 3.63) is 89.5 Å². The number of benzene rings is 3. The van der Waals surface area contributed by atoms with Crippen molar-refractivity contribution in [1.82, 2.24) is 0 Å². The van der Waals surface area contributed by atoms with Crippen LogP contribution in [0.25, 0.3) is 0 Å². The van der Waals surface area contributed by atoms with Crippen molar-refractivity contribution in [2.75, 3.05) is 6.61 Å². The van der Waals surface area contributed by atoms with Gasteiger partial charge < -0.3 is 24.1 Å². The van der Waals surface area contributed by atoms with Gasteiger partial charge in [0.25, 0.3) is 0 Å². The van der Waals surface area contributed by atoms with Gasteiger partial charge in [0, 0.05) is 24.1 Å². The zero-order valence-electron chi connectivity index (χ0n) is 21.5. The van der Waals surface area contributed by atoms with Gasteiger partial charge in [0.05, 0.1) is 12.7 Å². The van der Waals surface area contributed by atoms with Crippen LogP contribution in [0.2, 0.25) is 18.1 Å². The van der Waals surface area contributed by atoms with Gasteiger partial charge in [-0.15, -0.1) is 0 Å². The summed E-state index contributed by atoms with van der Waals surface area (Å²) >= 11 is 0. The molecule has 0 amide bonds. The van der Waals surface area contributed by atoms with E-state index in [9.17, 15) is 10.2 Å². The molecule has 35 heavy (non-hydrogen) atoms. The highest BCUT2D eigenvalue weighted by Gasteiger charge is 2.40. The van der Waals surface area contributed by atoms with E-state index in [-0.39, 0.29) is 18.1 Å². The fourth-order valence-electron chi connectivity index (χ4n) is 3.30. The molecule has 0 radical (unpaired) electrons. The van der Waals surface area contributed by atoms with Gasteiger partial charge in [-0.1, -0.05) is 81.4 Å². The summed E-state index contributed by atoms with van der Waals surface area (Å²) in [5.41, 5.74) is 2.83. The molecule has 188 valence electrons. The lowest BCUT2D eigenvalue weighted by Gasteiger charge is -2.37. The van der Waals surface area contributed by atoms with Crippen LogP contribution in [0.4, 0.5) is 0 Å². The second-order valence-corrected chi connectivity index (χ2v) is 15.1. The maximum absolute atomic E-state index is 10.3. The molecule has 0 spiro atoms. The highest BCUT2D eigenvalue weighted by molar-refractivity contribution is 6.74. The molecule has 0 fully saturated rings. The fraction of sp³-hybridized carbons (Fsp3) is 0.379. The highest BCUT2D eigenvalue weighted by atomic mass is 28.4. The molecule has 0 aromatic heterocycles. The number of aliphatic hydroxyl groups is 2. The molecule has 0 heterocycles. The standard InChI is InChI=1S/C29H38O5Si/c1-29(2,3)35(4,5)34-28-18-25(32-20-22-12-8-6-9-13-22)17-27(26(28)16-24(31)19-30)33-21-23-14-10-7-11-15-23/h6-15,17-18,24,30-31H,16,19-21H2,1-5H3/t24-/m1/s1. The first-order valence-corrected chi connectivity index (χ1v) is 15.0. The van der Waals surface area contributed by atoms with Gasteiger partial charge in [0.2, 0.25) is 8.32 Å². The third-order valence-corrected chi connectivity index (χ3v) is 10.8. The average Bonchev–Trinajstić information content (AvgIpc) is 2.83. The normalized spacial score (nSPS) is 12.8. The lowest BCUT2D eigenvalue weighted by molar-refractivity contribution is 0.0943. The monoisotopic (exact) mass is 494 g/mol. The lowest BCUT2D eigenvalue weighted by Crippen LogP contribution is -2.44. The fourth-order valence-corrected chi connectivity index (χ4v) is 4.34. The molecule has 5 nitrogen and oxygen atoms in total. The molecule has 3 aromatic rings. The van der Waals surface area contributed by atoms with Gasteiger partial charge in [-0.3, -0.25) is 0 Å². The van der Waals surface area contributed by atoms with Gasteiger partial charge >= 0.3 is 0 Å². The minimum Gasteiger partial charge on any atom is -0.543 e. The molecule has 0 aliphatic rings. The lowest BCUT2D eigenvalue weighted by atomic mass is 10.1. The number of rotatable bonds is 11. The largest absolute Gasteiger partial charge is 0.543 e. The zero-order chi connectivity index (χ0) is 25.5. The Kier molecular flexibility index (Phi) is 9.00. The summed E-state index contributed by atoms with van der Waals surface area (Å²) in [6.45, 7) is 11.4. The summed E-state index contributed by atoms with van der Waals surface area (Å²) in [4.78, 5) is 0. The summed E-state index contributed by atoms with van der Waals surface area (Å²) in [6, 6.07) is 23.6. The van der Waals surface area contributed by atoms with Crippen LogP contribution in [0.5, 0.6) is 17.2 Å². The molecular weight excluding hydrogens is 456 g/mol. The minimum absolute atomic E-state index is 0.0220. The van der Waals surface area contributed by atoms with Crippen LogP contribution in [0.15, 0.2) is 72.8 Å². The van der Waals surface area contributed by atoms with Gasteiger partial charge in [-0.05, 0) is 29.3 Å². The summed E-state index contributed by atoms with van der Waals surface area (Å²) in [7, 11) is -2.21. The van der Waals surface area contributed by atoms with Crippen LogP contribution < -0.4 is 13.9 Å². The van der Waals surface area contributed by atoms with Gasteiger partial charge in [-0.25, -0.2) is 0 Å². The molecule has 0 saturated heterocycles. The van der Waals surface area contributed by atoms with Crippen LogP contribution in [-0.4, -0.2) is 31.2 Å². The topological polar surface area (TPSA) is 68.2 Å². The van der Waals surface area contributed by atoms with Crippen molar-refractivity contribution in [3.8, 4) is 17.2 Å². The van der Waals surface area contributed by atoms with E-state index in [0.717, 1.165) is 16.7 Å². The van der Waals surface area contributed by atoms with Crippen molar-refractivity contribution in [2.24, 2.45) is 0 Å². The Morgan fingerprint density at radius 3 is 1.83 bits per heavy atom. The summed E-state index contributed by atoms with van der Waals surface area (Å²) in [5.74, 6) is 1.85. The molecule has 0 aliphatic heterocycles. The van der Waals surface area contributed by atoms with Crippen molar-refractivity contribution < 1.29 is 24.1 Å². The predicted molar refractivity (Wildman–Crippen MR) is 143 cm³/mol. The Bertz CT molecular complexity index is 1060. The van der Waals surface area contributed by atoms with Gasteiger partial charge in [0.15, 0.2) is 0 Å². The van der Waals surface area contributed by atoms with Crippen molar-refractivity contribution in [1.29, 1.82) is 0 Å². The average molecular weight is 495 g/mol. The summed E-state index contributed by atoms with van der Waals surface area (Å²) < 4.78 is 19.1. The quantitative estimate of drug-likeness (QED) is 0.314. The summed E-state index contributed by atoms with van der Waals surface area (Å²) in [6.07, 6.45) is -0.712. The molecule has 1 atom stereocenters. The van der Waals surface area contributed by atoms with Crippen molar-refractivity contribution >= 4 is 8.32 Å².